The SMILES string of the molecule is Cl.O=C(NCC[C@H]1CCCN1)C1CCCCCCC1. The minimum atomic E-state index is 0. The minimum absolute atomic E-state index is 0. The summed E-state index contributed by atoms with van der Waals surface area (Å²) in [6, 6.07) is 0.641. The van der Waals surface area contributed by atoms with E-state index in [1.165, 1.54) is 44.9 Å². The van der Waals surface area contributed by atoms with Gasteiger partial charge in [-0.15, -0.1) is 12.4 Å². The minimum Gasteiger partial charge on any atom is -0.356 e. The maximum Gasteiger partial charge on any atom is 0.223 e. The molecule has 0 bridgehead atoms. The third kappa shape index (κ3) is 6.13. The first-order valence-corrected chi connectivity index (χ1v) is 7.87. The summed E-state index contributed by atoms with van der Waals surface area (Å²) in [5.41, 5.74) is 0. The molecule has 1 saturated carbocycles. The Balaban J connectivity index is 0.00000180. The van der Waals surface area contributed by atoms with Gasteiger partial charge in [-0.2, -0.15) is 0 Å². The van der Waals surface area contributed by atoms with Crippen molar-refractivity contribution in [2.75, 3.05) is 13.1 Å². The lowest BCUT2D eigenvalue weighted by atomic mass is 9.90. The highest BCUT2D eigenvalue weighted by Gasteiger charge is 2.19. The Morgan fingerprint density at radius 3 is 2.32 bits per heavy atom. The van der Waals surface area contributed by atoms with Crippen LogP contribution < -0.4 is 10.6 Å². The Kier molecular flexibility index (Phi) is 8.47. The van der Waals surface area contributed by atoms with Crippen molar-refractivity contribution in [3.05, 3.63) is 0 Å². The molecule has 2 fully saturated rings. The Labute approximate surface area is 123 Å². The molecule has 4 heteroatoms. The van der Waals surface area contributed by atoms with Crippen LogP contribution in [0.2, 0.25) is 0 Å². The third-order valence-corrected chi connectivity index (χ3v) is 4.43. The average Bonchev–Trinajstić information content (AvgIpc) is 2.81. The van der Waals surface area contributed by atoms with E-state index >= 15 is 0 Å². The molecule has 1 saturated heterocycles. The summed E-state index contributed by atoms with van der Waals surface area (Å²) in [5.74, 6) is 0.608. The van der Waals surface area contributed by atoms with Crippen molar-refractivity contribution in [3.63, 3.8) is 0 Å². The molecule has 3 nitrogen and oxygen atoms in total. The molecule has 0 spiro atoms. The molecule has 1 aliphatic heterocycles. The van der Waals surface area contributed by atoms with Crippen LogP contribution in [-0.4, -0.2) is 25.0 Å². The van der Waals surface area contributed by atoms with Gasteiger partial charge in [0.15, 0.2) is 0 Å². The van der Waals surface area contributed by atoms with E-state index in [1.807, 2.05) is 0 Å². The molecule has 0 aromatic rings. The second-order valence-corrected chi connectivity index (χ2v) is 5.92. The monoisotopic (exact) mass is 288 g/mol. The van der Waals surface area contributed by atoms with Crippen molar-refractivity contribution in [3.8, 4) is 0 Å². The van der Waals surface area contributed by atoms with Gasteiger partial charge in [-0.05, 0) is 38.6 Å². The first kappa shape index (κ1) is 16.8. The van der Waals surface area contributed by atoms with E-state index < -0.39 is 0 Å². The van der Waals surface area contributed by atoms with Gasteiger partial charge >= 0.3 is 0 Å². The van der Waals surface area contributed by atoms with Crippen molar-refractivity contribution in [2.45, 2.75) is 70.3 Å². The lowest BCUT2D eigenvalue weighted by Crippen LogP contribution is -2.34. The van der Waals surface area contributed by atoms with Crippen LogP contribution in [0.15, 0.2) is 0 Å². The highest BCUT2D eigenvalue weighted by molar-refractivity contribution is 5.85. The van der Waals surface area contributed by atoms with E-state index in [2.05, 4.69) is 10.6 Å². The number of rotatable bonds is 4. The Bertz CT molecular complexity index is 247. The zero-order chi connectivity index (χ0) is 12.6. The van der Waals surface area contributed by atoms with Crippen molar-refractivity contribution >= 4 is 18.3 Å². The molecule has 1 heterocycles. The van der Waals surface area contributed by atoms with Gasteiger partial charge in [0.2, 0.25) is 5.91 Å². The first-order valence-electron chi connectivity index (χ1n) is 7.87. The summed E-state index contributed by atoms with van der Waals surface area (Å²) in [6.07, 6.45) is 12.3. The maximum absolute atomic E-state index is 12.1. The van der Waals surface area contributed by atoms with Crippen LogP contribution >= 0.6 is 12.4 Å². The third-order valence-electron chi connectivity index (χ3n) is 4.43. The summed E-state index contributed by atoms with van der Waals surface area (Å²) >= 11 is 0. The quantitative estimate of drug-likeness (QED) is 0.835. The van der Waals surface area contributed by atoms with Crippen LogP contribution in [0.4, 0.5) is 0 Å². The largest absolute Gasteiger partial charge is 0.356 e. The molecule has 2 N–H and O–H groups in total. The highest BCUT2D eigenvalue weighted by atomic mass is 35.5. The summed E-state index contributed by atoms with van der Waals surface area (Å²) in [4.78, 5) is 12.1. The predicted octanol–water partition coefficient (Wildman–Crippen LogP) is 3.03. The van der Waals surface area contributed by atoms with Crippen LogP contribution in [0.25, 0.3) is 0 Å². The van der Waals surface area contributed by atoms with Crippen molar-refractivity contribution < 1.29 is 4.79 Å². The van der Waals surface area contributed by atoms with E-state index in [-0.39, 0.29) is 12.4 Å². The number of amides is 1. The number of nitrogens with one attached hydrogen (secondary N) is 2. The Morgan fingerprint density at radius 1 is 1.00 bits per heavy atom. The van der Waals surface area contributed by atoms with Gasteiger partial charge < -0.3 is 10.6 Å². The van der Waals surface area contributed by atoms with E-state index in [1.54, 1.807) is 0 Å². The Morgan fingerprint density at radius 2 is 1.68 bits per heavy atom. The van der Waals surface area contributed by atoms with Crippen molar-refractivity contribution in [1.29, 1.82) is 0 Å². The molecule has 0 aromatic carbocycles. The van der Waals surface area contributed by atoms with Gasteiger partial charge in [0.1, 0.15) is 0 Å². The maximum atomic E-state index is 12.1. The number of hydrogen-bond acceptors (Lipinski definition) is 2. The van der Waals surface area contributed by atoms with Gasteiger partial charge in [0.05, 0.1) is 0 Å². The molecule has 0 unspecified atom stereocenters. The molecule has 2 aliphatic rings. The summed E-state index contributed by atoms with van der Waals surface area (Å²) in [6.45, 7) is 2.01. The fourth-order valence-corrected chi connectivity index (χ4v) is 3.24. The van der Waals surface area contributed by atoms with Crippen LogP contribution in [-0.2, 0) is 4.79 Å². The molecule has 0 radical (unpaired) electrons. The predicted molar refractivity (Wildman–Crippen MR) is 81.7 cm³/mol. The average molecular weight is 289 g/mol. The van der Waals surface area contributed by atoms with E-state index in [0.29, 0.717) is 17.9 Å². The highest BCUT2D eigenvalue weighted by Crippen LogP contribution is 2.22. The molecular weight excluding hydrogens is 260 g/mol. The van der Waals surface area contributed by atoms with E-state index in [0.717, 1.165) is 32.4 Å². The molecule has 19 heavy (non-hydrogen) atoms. The van der Waals surface area contributed by atoms with Crippen LogP contribution in [0.3, 0.4) is 0 Å². The molecule has 1 aliphatic carbocycles. The van der Waals surface area contributed by atoms with Crippen LogP contribution in [0.1, 0.15) is 64.2 Å². The summed E-state index contributed by atoms with van der Waals surface area (Å²) < 4.78 is 0. The van der Waals surface area contributed by atoms with Crippen molar-refractivity contribution in [2.24, 2.45) is 5.92 Å². The first-order chi connectivity index (χ1) is 8.86. The molecular formula is C15H29ClN2O. The second kappa shape index (κ2) is 9.60. The van der Waals surface area contributed by atoms with Gasteiger partial charge in [-0.3, -0.25) is 4.79 Å². The number of hydrogen-bond donors (Lipinski definition) is 2. The van der Waals surface area contributed by atoms with Crippen LogP contribution in [0, 0.1) is 5.92 Å². The lowest BCUT2D eigenvalue weighted by molar-refractivity contribution is -0.125. The van der Waals surface area contributed by atoms with Gasteiger partial charge in [-0.25, -0.2) is 0 Å². The van der Waals surface area contributed by atoms with Crippen molar-refractivity contribution in [1.82, 2.24) is 10.6 Å². The standard InChI is InChI=1S/C15H28N2O.ClH/c18-15(13-7-4-2-1-3-5-8-13)17-12-10-14-9-6-11-16-14;/h13-14,16H,1-12H2,(H,17,18);1H/t14-;/m1./s1. The topological polar surface area (TPSA) is 41.1 Å². The van der Waals surface area contributed by atoms with Gasteiger partial charge in [0.25, 0.3) is 0 Å². The normalized spacial score (nSPS) is 25.2. The van der Waals surface area contributed by atoms with E-state index in [4.69, 9.17) is 0 Å². The van der Waals surface area contributed by atoms with Gasteiger partial charge in [-0.1, -0.05) is 32.1 Å². The number of carbonyl (C=O) groups excluding carboxylic acids is 1. The molecule has 0 aromatic heterocycles. The zero-order valence-electron chi connectivity index (χ0n) is 12.0. The molecule has 112 valence electrons. The fourth-order valence-electron chi connectivity index (χ4n) is 3.24. The molecule has 1 amide bonds. The lowest BCUT2D eigenvalue weighted by Gasteiger charge is -2.19. The summed E-state index contributed by atoms with van der Waals surface area (Å²) in [5, 5.41) is 6.63. The fraction of sp³-hybridized carbons (Fsp3) is 0.933. The zero-order valence-corrected chi connectivity index (χ0v) is 12.8. The summed E-state index contributed by atoms with van der Waals surface area (Å²) in [7, 11) is 0. The Hall–Kier alpha value is -0.280. The van der Waals surface area contributed by atoms with Gasteiger partial charge in [0, 0.05) is 18.5 Å². The number of carbonyl (C=O) groups is 1. The second-order valence-electron chi connectivity index (χ2n) is 5.92. The molecule has 1 atom stereocenters. The van der Waals surface area contributed by atoms with E-state index in [9.17, 15) is 4.79 Å². The smallest absolute Gasteiger partial charge is 0.223 e. The molecule has 2 rings (SSSR count). The van der Waals surface area contributed by atoms with Crippen LogP contribution in [0.5, 0.6) is 0 Å². The number of halogens is 1.